The maximum atomic E-state index is 12.7. The van der Waals surface area contributed by atoms with Crippen LogP contribution in [0.25, 0.3) is 0 Å². The van der Waals surface area contributed by atoms with Crippen molar-refractivity contribution < 1.29 is 4.79 Å². The van der Waals surface area contributed by atoms with Crippen molar-refractivity contribution in [1.29, 1.82) is 0 Å². The third kappa shape index (κ3) is 10.2. The van der Waals surface area contributed by atoms with Gasteiger partial charge in [0.25, 0.3) is 0 Å². The van der Waals surface area contributed by atoms with Gasteiger partial charge in [-0.1, -0.05) is 114 Å². The highest BCUT2D eigenvalue weighted by Crippen LogP contribution is 2.39. The summed E-state index contributed by atoms with van der Waals surface area (Å²) in [4.78, 5) is 12.7. The highest BCUT2D eigenvalue weighted by Gasteiger charge is 2.23. The molecule has 2 aromatic carbocycles. The first-order chi connectivity index (χ1) is 19.6. The lowest BCUT2D eigenvalue weighted by atomic mass is 9.77. The van der Waals surface area contributed by atoms with Crippen LogP contribution in [0.3, 0.4) is 0 Å². The maximum Gasteiger partial charge on any atom is 0.133 e. The normalized spacial score (nSPS) is 23.2. The predicted molar refractivity (Wildman–Crippen MR) is 172 cm³/mol. The van der Waals surface area contributed by atoms with Gasteiger partial charge in [0.15, 0.2) is 0 Å². The second-order valence-electron chi connectivity index (χ2n) is 13.4. The molecule has 0 heterocycles. The van der Waals surface area contributed by atoms with Gasteiger partial charge in [-0.25, -0.2) is 0 Å². The van der Waals surface area contributed by atoms with E-state index in [1.165, 1.54) is 125 Å². The standard InChI is InChI=1S/C39H58O/c1-3-5-7-9-31-11-21-35(22-12-31)37-25-15-33(16-26-37)19-29-39(40)30-20-34-17-27-38(28-18-34)36-23-13-32(14-24-36)10-8-6-4-2/h15-18,25-28,31-32,35-36H,3-14,19-24,29-30H2,1-2H3. The van der Waals surface area contributed by atoms with Gasteiger partial charge in [-0.15, -0.1) is 0 Å². The number of benzene rings is 2. The molecule has 2 aromatic rings. The van der Waals surface area contributed by atoms with E-state index in [-0.39, 0.29) is 0 Å². The highest BCUT2D eigenvalue weighted by atomic mass is 16.1. The lowest BCUT2D eigenvalue weighted by Gasteiger charge is -2.29. The molecule has 0 saturated heterocycles. The predicted octanol–water partition coefficient (Wildman–Crippen LogP) is 11.5. The Morgan fingerprint density at radius 3 is 1.27 bits per heavy atom. The largest absolute Gasteiger partial charge is 0.300 e. The second kappa shape index (κ2) is 17.2. The number of carbonyl (C=O) groups is 1. The van der Waals surface area contributed by atoms with Crippen molar-refractivity contribution in [2.24, 2.45) is 11.8 Å². The third-order valence-electron chi connectivity index (χ3n) is 10.4. The quantitative estimate of drug-likeness (QED) is 0.193. The van der Waals surface area contributed by atoms with Gasteiger partial charge in [0.1, 0.15) is 5.78 Å². The molecule has 2 saturated carbocycles. The zero-order chi connectivity index (χ0) is 28.0. The summed E-state index contributed by atoms with van der Waals surface area (Å²) in [5.41, 5.74) is 5.67. The zero-order valence-electron chi connectivity index (χ0n) is 26.0. The van der Waals surface area contributed by atoms with E-state index in [1.54, 1.807) is 0 Å². The first-order valence-electron chi connectivity index (χ1n) is 17.3. The average Bonchev–Trinajstić information content (AvgIpc) is 3.00. The molecule has 0 aliphatic heterocycles. The van der Waals surface area contributed by atoms with Crippen molar-refractivity contribution in [3.63, 3.8) is 0 Å². The van der Waals surface area contributed by atoms with Crippen molar-refractivity contribution in [1.82, 2.24) is 0 Å². The van der Waals surface area contributed by atoms with Crippen molar-refractivity contribution in [2.45, 2.75) is 154 Å². The van der Waals surface area contributed by atoms with Crippen LogP contribution in [-0.4, -0.2) is 5.78 Å². The molecule has 0 spiro atoms. The van der Waals surface area contributed by atoms with Crippen LogP contribution in [0.15, 0.2) is 48.5 Å². The Bertz CT molecular complexity index is 875. The minimum atomic E-state index is 0.399. The fourth-order valence-electron chi connectivity index (χ4n) is 7.54. The first kappa shape index (κ1) is 31.1. The molecule has 0 radical (unpaired) electrons. The molecule has 0 unspecified atom stereocenters. The number of rotatable bonds is 16. The molecule has 0 amide bonds. The molecule has 0 aromatic heterocycles. The molecule has 0 atom stereocenters. The maximum absolute atomic E-state index is 12.7. The van der Waals surface area contributed by atoms with Gasteiger partial charge in [-0.3, -0.25) is 4.79 Å². The van der Waals surface area contributed by atoms with Crippen LogP contribution in [-0.2, 0) is 17.6 Å². The van der Waals surface area contributed by atoms with Crippen molar-refractivity contribution in [3.8, 4) is 0 Å². The molecule has 1 nitrogen and oxygen atoms in total. The van der Waals surface area contributed by atoms with E-state index in [1.807, 2.05) is 0 Å². The number of ketones is 1. The minimum absolute atomic E-state index is 0.399. The molecule has 40 heavy (non-hydrogen) atoms. The van der Waals surface area contributed by atoms with Crippen LogP contribution in [0.1, 0.15) is 164 Å². The van der Waals surface area contributed by atoms with E-state index in [2.05, 4.69) is 62.4 Å². The molecule has 1 heteroatoms. The molecule has 2 fully saturated rings. The number of hydrogen-bond acceptors (Lipinski definition) is 1. The van der Waals surface area contributed by atoms with E-state index in [0.717, 1.165) is 36.5 Å². The van der Waals surface area contributed by atoms with E-state index >= 15 is 0 Å². The van der Waals surface area contributed by atoms with Crippen LogP contribution < -0.4 is 0 Å². The molecule has 0 N–H and O–H groups in total. The van der Waals surface area contributed by atoms with Crippen LogP contribution in [0.2, 0.25) is 0 Å². The Balaban J connectivity index is 1.11. The summed E-state index contributed by atoms with van der Waals surface area (Å²) >= 11 is 0. The van der Waals surface area contributed by atoms with E-state index in [9.17, 15) is 4.79 Å². The lowest BCUT2D eigenvalue weighted by Crippen LogP contribution is -2.13. The first-order valence-corrected chi connectivity index (χ1v) is 17.3. The van der Waals surface area contributed by atoms with Crippen LogP contribution in [0.4, 0.5) is 0 Å². The van der Waals surface area contributed by atoms with Gasteiger partial charge in [0.2, 0.25) is 0 Å². The van der Waals surface area contributed by atoms with Crippen molar-refractivity contribution >= 4 is 5.78 Å². The highest BCUT2D eigenvalue weighted by molar-refractivity contribution is 5.78. The summed E-state index contributed by atoms with van der Waals surface area (Å²) < 4.78 is 0. The number of unbranched alkanes of at least 4 members (excludes halogenated alkanes) is 4. The minimum Gasteiger partial charge on any atom is -0.300 e. The van der Waals surface area contributed by atoms with E-state index < -0.39 is 0 Å². The van der Waals surface area contributed by atoms with E-state index in [0.29, 0.717) is 18.6 Å². The average molecular weight is 543 g/mol. The van der Waals surface area contributed by atoms with Gasteiger partial charge in [0.05, 0.1) is 0 Å². The van der Waals surface area contributed by atoms with Gasteiger partial charge in [0, 0.05) is 12.8 Å². The summed E-state index contributed by atoms with van der Waals surface area (Å²) in [6.45, 7) is 4.60. The van der Waals surface area contributed by atoms with E-state index in [4.69, 9.17) is 0 Å². The van der Waals surface area contributed by atoms with Crippen LogP contribution >= 0.6 is 0 Å². The Morgan fingerprint density at radius 2 is 0.925 bits per heavy atom. The van der Waals surface area contributed by atoms with Crippen molar-refractivity contribution in [3.05, 3.63) is 70.8 Å². The molecule has 4 rings (SSSR count). The SMILES string of the molecule is CCCCCC1CCC(c2ccc(CCC(=O)CCc3ccc(C4CCC(CCCCC)CC4)cc3)cc2)CC1. The molecule has 0 bridgehead atoms. The number of hydrogen-bond donors (Lipinski definition) is 0. The Hall–Kier alpha value is -1.89. The van der Waals surface area contributed by atoms with Gasteiger partial charge in [-0.2, -0.15) is 0 Å². The molecule has 2 aliphatic carbocycles. The summed E-state index contributed by atoms with van der Waals surface area (Å²) in [5.74, 6) is 3.83. The Labute approximate surface area is 246 Å². The van der Waals surface area contributed by atoms with Gasteiger partial charge >= 0.3 is 0 Å². The van der Waals surface area contributed by atoms with Crippen LogP contribution in [0.5, 0.6) is 0 Å². The van der Waals surface area contributed by atoms with Gasteiger partial charge < -0.3 is 0 Å². The summed E-state index contributed by atoms with van der Waals surface area (Å²) in [7, 11) is 0. The molecular formula is C39H58O. The molecule has 2 aliphatic rings. The molecule has 220 valence electrons. The van der Waals surface area contributed by atoms with Crippen LogP contribution in [0, 0.1) is 11.8 Å². The van der Waals surface area contributed by atoms with Gasteiger partial charge in [-0.05, 0) is 110 Å². The third-order valence-corrected chi connectivity index (χ3v) is 10.4. The number of carbonyl (C=O) groups excluding carboxylic acids is 1. The number of aryl methyl sites for hydroxylation is 2. The fraction of sp³-hybridized carbons (Fsp3) is 0.667. The Morgan fingerprint density at radius 1 is 0.550 bits per heavy atom. The summed E-state index contributed by atoms with van der Waals surface area (Å²) in [5, 5.41) is 0. The Kier molecular flexibility index (Phi) is 13.3. The topological polar surface area (TPSA) is 17.1 Å². The van der Waals surface area contributed by atoms with Crippen molar-refractivity contribution in [2.75, 3.05) is 0 Å². The zero-order valence-corrected chi connectivity index (χ0v) is 26.0. The monoisotopic (exact) mass is 542 g/mol. The number of Topliss-reactive ketones (excluding diaryl/α,β-unsaturated/α-hetero) is 1. The fourth-order valence-corrected chi connectivity index (χ4v) is 7.54. The molecular weight excluding hydrogens is 484 g/mol. The second-order valence-corrected chi connectivity index (χ2v) is 13.4. The summed E-state index contributed by atoms with van der Waals surface area (Å²) in [6, 6.07) is 18.5. The summed E-state index contributed by atoms with van der Waals surface area (Å²) in [6.07, 6.45) is 25.4. The smallest absolute Gasteiger partial charge is 0.133 e. The lowest BCUT2D eigenvalue weighted by molar-refractivity contribution is -0.119.